The van der Waals surface area contributed by atoms with Crippen LogP contribution in [0.2, 0.25) is 0 Å². The number of benzene rings is 2. The predicted octanol–water partition coefficient (Wildman–Crippen LogP) is 3.35. The van der Waals surface area contributed by atoms with Gasteiger partial charge in [-0.1, -0.05) is 24.3 Å². The third kappa shape index (κ3) is 5.41. The molecule has 1 fully saturated rings. The fourth-order valence-corrected chi connectivity index (χ4v) is 3.53. The van der Waals surface area contributed by atoms with Crippen molar-refractivity contribution in [2.45, 2.75) is 4.90 Å². The number of urea groups is 1. The van der Waals surface area contributed by atoms with Gasteiger partial charge in [0.05, 0.1) is 0 Å². The van der Waals surface area contributed by atoms with E-state index in [1.54, 1.807) is 11.8 Å². The zero-order chi connectivity index (χ0) is 18.2. The SMILES string of the molecule is CSc1cccc(NC(=O)NCCN2CCN(c3ccccc3)CC2)c1. The minimum absolute atomic E-state index is 0.147. The van der Waals surface area contributed by atoms with E-state index in [4.69, 9.17) is 0 Å². The standard InChI is InChI=1S/C20H26N4OS/c1-26-19-9-5-6-17(16-19)22-20(25)21-10-11-23-12-14-24(15-13-23)18-7-3-2-4-8-18/h2-9,16H,10-15H2,1H3,(H2,21,22,25). The number of nitrogens with zero attached hydrogens (tertiary/aromatic N) is 2. The molecule has 0 spiro atoms. The molecule has 3 rings (SSSR count). The van der Waals surface area contributed by atoms with E-state index in [2.05, 4.69) is 44.7 Å². The first-order valence-corrected chi connectivity index (χ1v) is 10.2. The molecule has 1 aliphatic rings. The number of anilines is 2. The van der Waals surface area contributed by atoms with E-state index in [9.17, 15) is 4.79 Å². The van der Waals surface area contributed by atoms with Crippen molar-refractivity contribution in [3.05, 3.63) is 54.6 Å². The van der Waals surface area contributed by atoms with Crippen LogP contribution in [0.3, 0.4) is 0 Å². The molecule has 0 radical (unpaired) electrons. The van der Waals surface area contributed by atoms with Gasteiger partial charge in [0.1, 0.15) is 0 Å². The fourth-order valence-electron chi connectivity index (χ4n) is 3.07. The second-order valence-corrected chi connectivity index (χ2v) is 7.16. The van der Waals surface area contributed by atoms with E-state index in [1.807, 2.05) is 36.6 Å². The normalized spacial score (nSPS) is 14.9. The lowest BCUT2D eigenvalue weighted by Crippen LogP contribution is -2.48. The summed E-state index contributed by atoms with van der Waals surface area (Å²) in [5.41, 5.74) is 2.11. The molecule has 6 heteroatoms. The van der Waals surface area contributed by atoms with Gasteiger partial charge >= 0.3 is 6.03 Å². The Hall–Kier alpha value is -2.18. The third-order valence-corrected chi connectivity index (χ3v) is 5.26. The number of piperazine rings is 1. The second kappa shape index (κ2) is 9.50. The molecule has 2 amide bonds. The molecule has 0 saturated carbocycles. The predicted molar refractivity (Wildman–Crippen MR) is 110 cm³/mol. The number of para-hydroxylation sites is 1. The van der Waals surface area contributed by atoms with Crippen LogP contribution >= 0.6 is 11.8 Å². The summed E-state index contributed by atoms with van der Waals surface area (Å²) in [6.07, 6.45) is 2.02. The molecule has 0 aromatic heterocycles. The topological polar surface area (TPSA) is 47.6 Å². The first-order chi connectivity index (χ1) is 12.7. The van der Waals surface area contributed by atoms with Crippen LogP contribution in [0.1, 0.15) is 0 Å². The van der Waals surface area contributed by atoms with Crippen LogP contribution in [0.4, 0.5) is 16.2 Å². The minimum Gasteiger partial charge on any atom is -0.369 e. The van der Waals surface area contributed by atoms with Gasteiger partial charge in [0.2, 0.25) is 0 Å². The van der Waals surface area contributed by atoms with Crippen LogP contribution in [-0.4, -0.2) is 56.5 Å². The van der Waals surface area contributed by atoms with E-state index in [0.29, 0.717) is 6.54 Å². The maximum Gasteiger partial charge on any atom is 0.319 e. The quantitative estimate of drug-likeness (QED) is 0.766. The molecule has 0 bridgehead atoms. The molecule has 138 valence electrons. The van der Waals surface area contributed by atoms with Gasteiger partial charge in [-0.05, 0) is 36.6 Å². The molecule has 2 aromatic rings. The van der Waals surface area contributed by atoms with Crippen LogP contribution < -0.4 is 15.5 Å². The Bertz CT molecular complexity index is 702. The van der Waals surface area contributed by atoms with Gasteiger partial charge in [-0.15, -0.1) is 11.8 Å². The van der Waals surface area contributed by atoms with Gasteiger partial charge in [-0.25, -0.2) is 4.79 Å². The highest BCUT2D eigenvalue weighted by Gasteiger charge is 2.16. The Morgan fingerprint density at radius 2 is 1.81 bits per heavy atom. The number of thioether (sulfide) groups is 1. The summed E-state index contributed by atoms with van der Waals surface area (Å²) in [6, 6.07) is 18.3. The number of amides is 2. The van der Waals surface area contributed by atoms with Crippen molar-refractivity contribution in [1.82, 2.24) is 10.2 Å². The number of carbonyl (C=O) groups excluding carboxylic acids is 1. The zero-order valence-electron chi connectivity index (χ0n) is 15.1. The molecule has 0 unspecified atom stereocenters. The molecule has 2 aromatic carbocycles. The highest BCUT2D eigenvalue weighted by Crippen LogP contribution is 2.18. The monoisotopic (exact) mass is 370 g/mol. The number of rotatable bonds is 6. The van der Waals surface area contributed by atoms with Gasteiger partial charge in [0, 0.05) is 55.5 Å². The van der Waals surface area contributed by atoms with Crippen LogP contribution in [0.5, 0.6) is 0 Å². The van der Waals surface area contributed by atoms with E-state index in [1.165, 1.54) is 5.69 Å². The van der Waals surface area contributed by atoms with Crippen molar-refractivity contribution in [3.8, 4) is 0 Å². The van der Waals surface area contributed by atoms with Crippen molar-refractivity contribution in [2.75, 3.05) is 55.7 Å². The molecular formula is C20H26N4OS. The van der Waals surface area contributed by atoms with Crippen LogP contribution in [-0.2, 0) is 0 Å². The molecule has 1 saturated heterocycles. The van der Waals surface area contributed by atoms with Gasteiger partial charge in [-0.2, -0.15) is 0 Å². The van der Waals surface area contributed by atoms with Gasteiger partial charge in [0.15, 0.2) is 0 Å². The smallest absolute Gasteiger partial charge is 0.319 e. The van der Waals surface area contributed by atoms with Crippen LogP contribution in [0.15, 0.2) is 59.5 Å². The average molecular weight is 371 g/mol. The van der Waals surface area contributed by atoms with Crippen molar-refractivity contribution in [2.24, 2.45) is 0 Å². The summed E-state index contributed by atoms with van der Waals surface area (Å²) in [5, 5.41) is 5.84. The Labute approximate surface area is 159 Å². The van der Waals surface area contributed by atoms with Gasteiger partial charge in [0.25, 0.3) is 0 Å². The molecule has 2 N–H and O–H groups in total. The number of nitrogens with one attached hydrogen (secondary N) is 2. The van der Waals surface area contributed by atoms with Crippen molar-refractivity contribution < 1.29 is 4.79 Å². The van der Waals surface area contributed by atoms with Crippen LogP contribution in [0, 0.1) is 0 Å². The number of hydrogen-bond donors (Lipinski definition) is 2. The lowest BCUT2D eigenvalue weighted by Gasteiger charge is -2.36. The van der Waals surface area contributed by atoms with Crippen molar-refractivity contribution in [3.63, 3.8) is 0 Å². The molecule has 1 aliphatic heterocycles. The molecular weight excluding hydrogens is 344 g/mol. The largest absolute Gasteiger partial charge is 0.369 e. The first-order valence-electron chi connectivity index (χ1n) is 8.96. The third-order valence-electron chi connectivity index (χ3n) is 4.53. The lowest BCUT2D eigenvalue weighted by molar-refractivity contribution is 0.240. The Morgan fingerprint density at radius 1 is 1.04 bits per heavy atom. The zero-order valence-corrected chi connectivity index (χ0v) is 16.0. The van der Waals surface area contributed by atoms with E-state index >= 15 is 0 Å². The fraction of sp³-hybridized carbons (Fsp3) is 0.350. The summed E-state index contributed by atoms with van der Waals surface area (Å²) in [7, 11) is 0. The highest BCUT2D eigenvalue weighted by molar-refractivity contribution is 7.98. The molecule has 26 heavy (non-hydrogen) atoms. The van der Waals surface area contributed by atoms with Crippen LogP contribution in [0.25, 0.3) is 0 Å². The summed E-state index contributed by atoms with van der Waals surface area (Å²) >= 11 is 1.66. The maximum atomic E-state index is 12.0. The molecule has 5 nitrogen and oxygen atoms in total. The summed E-state index contributed by atoms with van der Waals surface area (Å²) in [4.78, 5) is 18.0. The Balaban J connectivity index is 1.35. The Morgan fingerprint density at radius 3 is 2.54 bits per heavy atom. The average Bonchev–Trinajstić information content (AvgIpc) is 2.69. The highest BCUT2D eigenvalue weighted by atomic mass is 32.2. The van der Waals surface area contributed by atoms with Crippen molar-refractivity contribution >= 4 is 29.2 Å². The van der Waals surface area contributed by atoms with E-state index < -0.39 is 0 Å². The number of hydrogen-bond acceptors (Lipinski definition) is 4. The summed E-state index contributed by atoms with van der Waals surface area (Å²) in [5.74, 6) is 0. The van der Waals surface area contributed by atoms with E-state index in [-0.39, 0.29) is 6.03 Å². The second-order valence-electron chi connectivity index (χ2n) is 6.28. The van der Waals surface area contributed by atoms with E-state index in [0.717, 1.165) is 43.3 Å². The lowest BCUT2D eigenvalue weighted by atomic mass is 10.2. The van der Waals surface area contributed by atoms with Gasteiger partial charge < -0.3 is 15.5 Å². The minimum atomic E-state index is -0.147. The molecule has 1 heterocycles. The summed E-state index contributed by atoms with van der Waals surface area (Å²) in [6.45, 7) is 5.62. The molecule has 0 aliphatic carbocycles. The van der Waals surface area contributed by atoms with Crippen molar-refractivity contribution in [1.29, 1.82) is 0 Å². The maximum absolute atomic E-state index is 12.0. The molecule has 0 atom stereocenters. The summed E-state index contributed by atoms with van der Waals surface area (Å²) < 4.78 is 0. The number of carbonyl (C=O) groups is 1. The Kier molecular flexibility index (Phi) is 6.80. The first kappa shape index (κ1) is 18.6. The van der Waals surface area contributed by atoms with Gasteiger partial charge in [-0.3, -0.25) is 4.90 Å².